The van der Waals surface area contributed by atoms with Gasteiger partial charge in [0.05, 0.1) is 0 Å². The number of nitrogens with zero attached hydrogens (tertiary/aromatic N) is 2. The smallest absolute Gasteiger partial charge is 0.238 e. The number of sulfone groups is 1. The number of likely N-dealkylation sites (tertiary alicyclic amines) is 1. The molecule has 0 N–H and O–H groups in total. The molecule has 1 saturated heterocycles. The topological polar surface area (TPSA) is 67.3 Å². The first-order valence-corrected chi connectivity index (χ1v) is 8.88. The summed E-state index contributed by atoms with van der Waals surface area (Å²) >= 11 is 1.05. The largest absolute Gasteiger partial charge is 0.336 e. The van der Waals surface area contributed by atoms with Gasteiger partial charge in [0, 0.05) is 23.7 Å². The van der Waals surface area contributed by atoms with E-state index in [4.69, 9.17) is 0 Å². The Morgan fingerprint density at radius 3 is 2.58 bits per heavy atom. The molecule has 2 heterocycles. The number of carbonyl (C=O) groups is 1. The van der Waals surface area contributed by atoms with Crippen LogP contribution in [0.5, 0.6) is 0 Å². The number of piperidine rings is 1. The standard InChI is InChI=1S/C12H18N2O3S2/c1-9-4-3-5-10(2)14(9)11(15)8-19(16,17)12-13-6-7-18-12/h6-7,9-10H,3-5,8H2,1-2H3. The molecule has 2 atom stereocenters. The predicted molar refractivity (Wildman–Crippen MR) is 73.8 cm³/mol. The van der Waals surface area contributed by atoms with E-state index >= 15 is 0 Å². The maximum Gasteiger partial charge on any atom is 0.238 e. The van der Waals surface area contributed by atoms with Crippen molar-refractivity contribution in [3.63, 3.8) is 0 Å². The molecule has 106 valence electrons. The SMILES string of the molecule is CC1CCCC(C)N1C(=O)CS(=O)(=O)c1nccs1. The summed E-state index contributed by atoms with van der Waals surface area (Å²) in [6.07, 6.45) is 4.40. The summed E-state index contributed by atoms with van der Waals surface area (Å²) in [7, 11) is -3.60. The van der Waals surface area contributed by atoms with Crippen LogP contribution in [0.4, 0.5) is 0 Å². The fourth-order valence-electron chi connectivity index (χ4n) is 2.58. The molecule has 0 spiro atoms. The van der Waals surface area contributed by atoms with Gasteiger partial charge in [-0.3, -0.25) is 4.79 Å². The van der Waals surface area contributed by atoms with Crippen LogP contribution in [0.3, 0.4) is 0 Å². The summed E-state index contributed by atoms with van der Waals surface area (Å²) < 4.78 is 24.1. The molecule has 1 aromatic heterocycles. The van der Waals surface area contributed by atoms with Gasteiger partial charge < -0.3 is 4.90 Å². The zero-order valence-corrected chi connectivity index (χ0v) is 12.7. The van der Waals surface area contributed by atoms with Crippen molar-refractivity contribution in [2.75, 3.05) is 5.75 Å². The van der Waals surface area contributed by atoms with Gasteiger partial charge >= 0.3 is 0 Å². The fourth-order valence-corrected chi connectivity index (χ4v) is 4.68. The van der Waals surface area contributed by atoms with Crippen LogP contribution in [0, 0.1) is 0 Å². The van der Waals surface area contributed by atoms with Crippen molar-refractivity contribution in [1.82, 2.24) is 9.88 Å². The third-order valence-electron chi connectivity index (χ3n) is 3.47. The minimum atomic E-state index is -3.60. The number of rotatable bonds is 3. The molecule has 1 aromatic rings. The summed E-state index contributed by atoms with van der Waals surface area (Å²) in [4.78, 5) is 17.8. The third kappa shape index (κ3) is 3.14. The zero-order valence-electron chi connectivity index (χ0n) is 11.1. The summed E-state index contributed by atoms with van der Waals surface area (Å²) in [6, 6.07) is 0.227. The Kier molecular flexibility index (Phi) is 4.25. The van der Waals surface area contributed by atoms with Crippen molar-refractivity contribution in [2.24, 2.45) is 0 Å². The van der Waals surface area contributed by atoms with Gasteiger partial charge in [-0.25, -0.2) is 13.4 Å². The average Bonchev–Trinajstić information content (AvgIpc) is 2.81. The molecule has 1 fully saturated rings. The van der Waals surface area contributed by atoms with E-state index in [1.165, 1.54) is 6.20 Å². The molecule has 0 saturated carbocycles. The summed E-state index contributed by atoms with van der Waals surface area (Å²) in [6.45, 7) is 3.95. The minimum absolute atomic E-state index is 0.0261. The van der Waals surface area contributed by atoms with Crippen molar-refractivity contribution >= 4 is 27.1 Å². The van der Waals surface area contributed by atoms with Crippen LogP contribution in [-0.4, -0.2) is 42.0 Å². The van der Waals surface area contributed by atoms with Crippen molar-refractivity contribution in [1.29, 1.82) is 0 Å². The number of carbonyl (C=O) groups excluding carboxylic acids is 1. The van der Waals surface area contributed by atoms with E-state index in [2.05, 4.69) is 4.98 Å². The van der Waals surface area contributed by atoms with Crippen LogP contribution >= 0.6 is 11.3 Å². The summed E-state index contributed by atoms with van der Waals surface area (Å²) in [5.41, 5.74) is 0. The number of hydrogen-bond donors (Lipinski definition) is 0. The molecule has 2 rings (SSSR count). The molecule has 0 radical (unpaired) electrons. The van der Waals surface area contributed by atoms with Gasteiger partial charge in [0.15, 0.2) is 0 Å². The highest BCUT2D eigenvalue weighted by Gasteiger charge is 2.32. The van der Waals surface area contributed by atoms with Crippen molar-refractivity contribution in [2.45, 2.75) is 49.5 Å². The molecule has 0 aromatic carbocycles. The Hall–Kier alpha value is -0.950. The molecule has 7 heteroatoms. The first kappa shape index (κ1) is 14.5. The van der Waals surface area contributed by atoms with Gasteiger partial charge in [0.25, 0.3) is 0 Å². The highest BCUT2D eigenvalue weighted by molar-refractivity contribution is 7.93. The lowest BCUT2D eigenvalue weighted by atomic mass is 9.98. The first-order valence-electron chi connectivity index (χ1n) is 6.35. The van der Waals surface area contributed by atoms with Crippen LogP contribution in [-0.2, 0) is 14.6 Å². The Labute approximate surface area is 117 Å². The fraction of sp³-hybridized carbons (Fsp3) is 0.667. The van der Waals surface area contributed by atoms with E-state index in [1.807, 2.05) is 13.8 Å². The quantitative estimate of drug-likeness (QED) is 0.852. The van der Waals surface area contributed by atoms with E-state index in [9.17, 15) is 13.2 Å². The van der Waals surface area contributed by atoms with Crippen molar-refractivity contribution in [3.05, 3.63) is 11.6 Å². The molecular formula is C12H18N2O3S2. The van der Waals surface area contributed by atoms with Crippen LogP contribution in [0.15, 0.2) is 15.9 Å². The molecular weight excluding hydrogens is 284 g/mol. The maximum atomic E-state index is 12.3. The molecule has 19 heavy (non-hydrogen) atoms. The second kappa shape index (κ2) is 5.58. The number of aromatic nitrogens is 1. The molecule has 0 aliphatic carbocycles. The van der Waals surface area contributed by atoms with Gasteiger partial charge in [-0.1, -0.05) is 0 Å². The molecule has 5 nitrogen and oxygen atoms in total. The lowest BCUT2D eigenvalue weighted by Gasteiger charge is -2.39. The minimum Gasteiger partial charge on any atom is -0.336 e. The van der Waals surface area contributed by atoms with Gasteiger partial charge in [-0.2, -0.15) is 0 Å². The summed E-state index contributed by atoms with van der Waals surface area (Å²) in [5.74, 6) is -0.787. The van der Waals surface area contributed by atoms with Gasteiger partial charge in [-0.15, -0.1) is 11.3 Å². The third-order valence-corrected chi connectivity index (χ3v) is 6.35. The Bertz CT molecular complexity index is 529. The number of thiazole rings is 1. The highest BCUT2D eigenvalue weighted by atomic mass is 32.2. The van der Waals surface area contributed by atoms with Gasteiger partial charge in [0.1, 0.15) is 5.75 Å². The molecule has 1 aliphatic rings. The highest BCUT2D eigenvalue weighted by Crippen LogP contribution is 2.24. The molecule has 1 aliphatic heterocycles. The second-order valence-electron chi connectivity index (χ2n) is 4.99. The van der Waals surface area contributed by atoms with E-state index in [0.29, 0.717) is 0 Å². The lowest BCUT2D eigenvalue weighted by Crippen LogP contribution is -2.49. The van der Waals surface area contributed by atoms with E-state index in [1.54, 1.807) is 10.3 Å². The van der Waals surface area contributed by atoms with Crippen LogP contribution in [0.25, 0.3) is 0 Å². The molecule has 0 bridgehead atoms. The zero-order chi connectivity index (χ0) is 14.0. The second-order valence-corrected chi connectivity index (χ2v) is 8.04. The molecule has 1 amide bonds. The Morgan fingerprint density at radius 2 is 2.05 bits per heavy atom. The van der Waals surface area contributed by atoms with E-state index < -0.39 is 15.6 Å². The van der Waals surface area contributed by atoms with Crippen LogP contribution < -0.4 is 0 Å². The number of hydrogen-bond acceptors (Lipinski definition) is 5. The average molecular weight is 302 g/mol. The van der Waals surface area contributed by atoms with Crippen molar-refractivity contribution < 1.29 is 13.2 Å². The lowest BCUT2D eigenvalue weighted by molar-refractivity contribution is -0.134. The maximum absolute atomic E-state index is 12.3. The van der Waals surface area contributed by atoms with Crippen molar-refractivity contribution in [3.8, 4) is 0 Å². The summed E-state index contributed by atoms with van der Waals surface area (Å²) in [5, 5.41) is 1.60. The van der Waals surface area contributed by atoms with Gasteiger partial charge in [-0.05, 0) is 33.1 Å². The van der Waals surface area contributed by atoms with Crippen LogP contribution in [0.1, 0.15) is 33.1 Å². The molecule has 2 unspecified atom stereocenters. The van der Waals surface area contributed by atoms with E-state index in [0.717, 1.165) is 30.6 Å². The number of amides is 1. The van der Waals surface area contributed by atoms with Crippen LogP contribution in [0.2, 0.25) is 0 Å². The predicted octanol–water partition coefficient (Wildman–Crippen LogP) is 1.71. The van der Waals surface area contributed by atoms with Gasteiger partial charge in [0.2, 0.25) is 20.1 Å². The van der Waals surface area contributed by atoms with E-state index in [-0.39, 0.29) is 22.3 Å². The Morgan fingerprint density at radius 1 is 1.42 bits per heavy atom. The monoisotopic (exact) mass is 302 g/mol. The normalized spacial score (nSPS) is 24.4. The Balaban J connectivity index is 2.13. The first-order chi connectivity index (χ1) is 8.92.